The van der Waals surface area contributed by atoms with Crippen molar-refractivity contribution in [2.75, 3.05) is 25.6 Å². The maximum Gasteiger partial charge on any atom is 0.230 e. The van der Waals surface area contributed by atoms with Crippen LogP contribution in [0, 0.1) is 23.6 Å². The minimum Gasteiger partial charge on any atom is -0.489 e. The van der Waals surface area contributed by atoms with E-state index in [2.05, 4.69) is 35.8 Å². The fourth-order valence-electron chi connectivity index (χ4n) is 8.40. The third-order valence-electron chi connectivity index (χ3n) is 10.9. The van der Waals surface area contributed by atoms with E-state index in [4.69, 9.17) is 24.2 Å². The molecule has 6 rings (SSSR count). The molecule has 10 heteroatoms. The molecule has 3 aliphatic rings. The van der Waals surface area contributed by atoms with Crippen LogP contribution in [0.5, 0.6) is 11.5 Å². The van der Waals surface area contributed by atoms with Crippen molar-refractivity contribution in [1.29, 1.82) is 0 Å². The summed E-state index contributed by atoms with van der Waals surface area (Å²) in [5.41, 5.74) is 4.23. The number of pyridine rings is 1. The number of halogens is 1. The highest BCUT2D eigenvalue weighted by atomic mass is 32.2. The van der Waals surface area contributed by atoms with Gasteiger partial charge in [0.25, 0.3) is 0 Å². The second-order valence-corrected chi connectivity index (χ2v) is 17.1. The van der Waals surface area contributed by atoms with Crippen molar-refractivity contribution in [2.24, 2.45) is 22.9 Å². The van der Waals surface area contributed by atoms with Gasteiger partial charge in [0.1, 0.15) is 29.5 Å². The molecule has 2 N–H and O–H groups in total. The van der Waals surface area contributed by atoms with Gasteiger partial charge in [-0.3, -0.25) is 4.98 Å². The Hall–Kier alpha value is -3.70. The summed E-state index contributed by atoms with van der Waals surface area (Å²) < 4.78 is 35.2. The number of aliphatic hydroxyl groups is 2. The van der Waals surface area contributed by atoms with E-state index < -0.39 is 11.4 Å². The fourth-order valence-corrected chi connectivity index (χ4v) is 9.81. The lowest BCUT2D eigenvalue weighted by Gasteiger charge is -2.58. The van der Waals surface area contributed by atoms with E-state index in [0.717, 1.165) is 66.9 Å². The van der Waals surface area contributed by atoms with Crippen LogP contribution in [0.1, 0.15) is 88.3 Å². The molecule has 0 saturated heterocycles. The van der Waals surface area contributed by atoms with Crippen molar-refractivity contribution in [1.82, 2.24) is 4.98 Å². The van der Waals surface area contributed by atoms with Crippen LogP contribution in [0.25, 0.3) is 0 Å². The number of aromatic nitrogens is 1. The van der Waals surface area contributed by atoms with Crippen molar-refractivity contribution in [2.45, 2.75) is 101 Å². The summed E-state index contributed by atoms with van der Waals surface area (Å²) in [5, 5.41) is 24.5. The van der Waals surface area contributed by atoms with Crippen LogP contribution < -0.4 is 9.47 Å². The van der Waals surface area contributed by atoms with Crippen molar-refractivity contribution in [3.63, 3.8) is 0 Å². The van der Waals surface area contributed by atoms with Gasteiger partial charge in [-0.15, -0.1) is 6.58 Å². The first-order chi connectivity index (χ1) is 26.7. The highest BCUT2D eigenvalue weighted by Crippen LogP contribution is 2.62. The minimum absolute atomic E-state index is 0.0631. The summed E-state index contributed by atoms with van der Waals surface area (Å²) in [6.07, 6.45) is 14.3. The summed E-state index contributed by atoms with van der Waals surface area (Å²) in [6, 6.07) is 16.7. The zero-order valence-corrected chi connectivity index (χ0v) is 33.3. The van der Waals surface area contributed by atoms with Crippen molar-refractivity contribution >= 4 is 17.5 Å². The molecule has 6 atom stereocenters. The van der Waals surface area contributed by atoms with Gasteiger partial charge in [0.15, 0.2) is 0 Å². The monoisotopic (exact) mass is 772 g/mol. The van der Waals surface area contributed by atoms with Gasteiger partial charge >= 0.3 is 0 Å². The average Bonchev–Trinajstić information content (AvgIpc) is 3.18. The summed E-state index contributed by atoms with van der Waals surface area (Å²) >= 11 is 1.84. The van der Waals surface area contributed by atoms with E-state index in [-0.39, 0.29) is 54.6 Å². The number of hydrogen-bond donors (Lipinski definition) is 2. The maximum absolute atomic E-state index is 14.6. The first kappa shape index (κ1) is 40.9. The van der Waals surface area contributed by atoms with Gasteiger partial charge in [-0.05, 0) is 118 Å². The largest absolute Gasteiger partial charge is 0.489 e. The molecule has 0 radical (unpaired) electrons. The molecule has 1 saturated carbocycles. The second-order valence-electron chi connectivity index (χ2n) is 15.8. The van der Waals surface area contributed by atoms with Gasteiger partial charge in [0.2, 0.25) is 5.79 Å². The van der Waals surface area contributed by atoms with E-state index in [1.54, 1.807) is 18.2 Å². The summed E-state index contributed by atoms with van der Waals surface area (Å²) in [7, 11) is 0. The SMILES string of the molecule is C=CCOC12Oc3ccc(OCc4ccccc4F)cc3C3C(CCCCO)C(CCCCO)C=C(C(=NOC(C)(C)C)CC1SCCc1ccncc1)C32. The van der Waals surface area contributed by atoms with Gasteiger partial charge in [0.05, 0.1) is 23.5 Å². The molecule has 0 bridgehead atoms. The van der Waals surface area contributed by atoms with E-state index in [1.165, 1.54) is 11.6 Å². The van der Waals surface area contributed by atoms with Gasteiger partial charge < -0.3 is 29.3 Å². The molecule has 1 aliphatic heterocycles. The molecule has 55 heavy (non-hydrogen) atoms. The summed E-state index contributed by atoms with van der Waals surface area (Å²) in [5.74, 6) is 0.889. The fraction of sp³-hybridized carbons (Fsp3) is 0.511. The lowest BCUT2D eigenvalue weighted by molar-refractivity contribution is -0.223. The topological polar surface area (TPSA) is 103 Å². The van der Waals surface area contributed by atoms with Gasteiger partial charge in [0, 0.05) is 49.1 Å². The Labute approximate surface area is 330 Å². The van der Waals surface area contributed by atoms with Crippen LogP contribution in [0.2, 0.25) is 0 Å². The number of oxime groups is 1. The van der Waals surface area contributed by atoms with Crippen LogP contribution in [0.4, 0.5) is 4.39 Å². The molecular weight excluding hydrogens is 716 g/mol. The van der Waals surface area contributed by atoms with Gasteiger partial charge in [-0.1, -0.05) is 48.3 Å². The summed E-state index contributed by atoms with van der Waals surface area (Å²) in [4.78, 5) is 10.4. The molecule has 2 heterocycles. The predicted octanol–water partition coefficient (Wildman–Crippen LogP) is 9.21. The normalized spacial score (nSPS) is 25.0. The first-order valence-electron chi connectivity index (χ1n) is 19.8. The number of allylic oxidation sites excluding steroid dienone is 1. The van der Waals surface area contributed by atoms with Crippen LogP contribution in [0.3, 0.4) is 0 Å². The Morgan fingerprint density at radius 3 is 2.53 bits per heavy atom. The molecular formula is C45H57FN2O6S. The Morgan fingerprint density at radius 1 is 1.04 bits per heavy atom. The number of unbranched alkanes of at least 4 members (excludes halogenated alkanes) is 2. The highest BCUT2D eigenvalue weighted by molar-refractivity contribution is 8.00. The van der Waals surface area contributed by atoms with Crippen LogP contribution in [-0.4, -0.2) is 63.1 Å². The van der Waals surface area contributed by atoms with Crippen molar-refractivity contribution in [3.8, 4) is 11.5 Å². The molecule has 1 aromatic heterocycles. The van der Waals surface area contributed by atoms with E-state index in [9.17, 15) is 14.6 Å². The zero-order chi connectivity index (χ0) is 38.8. The Morgan fingerprint density at radius 2 is 1.80 bits per heavy atom. The maximum atomic E-state index is 14.6. The van der Waals surface area contributed by atoms with E-state index in [0.29, 0.717) is 30.8 Å². The molecule has 8 nitrogen and oxygen atoms in total. The molecule has 2 aromatic carbocycles. The number of benzene rings is 2. The number of rotatable bonds is 19. The number of fused-ring (bicyclic) bond motifs is 2. The Kier molecular flexibility index (Phi) is 14.1. The van der Waals surface area contributed by atoms with Crippen molar-refractivity contribution < 1.29 is 33.7 Å². The molecule has 1 fully saturated rings. The lowest BCUT2D eigenvalue weighted by atomic mass is 9.56. The zero-order valence-electron chi connectivity index (χ0n) is 32.5. The molecule has 0 spiro atoms. The Bertz CT molecular complexity index is 1780. The lowest BCUT2D eigenvalue weighted by Crippen LogP contribution is -2.64. The molecule has 2 aliphatic carbocycles. The summed E-state index contributed by atoms with van der Waals surface area (Å²) in [6.45, 7) is 10.7. The standard InChI is InChI=1S/C45H57FN2O6S/c1-5-25-52-45-41(55-26-20-31-18-21-47-22-19-31)29-39(48-54-44(2,3)4)36-27-32(12-8-10-23-49)35(14-9-11-24-50)42(43(36)45)37-28-34(16-17-40(37)53-45)51-30-33-13-6-7-15-38(33)46/h5-7,13,15-19,21-22,27-28,32,35,41-43,49-50H,1,8-12,14,20,23-26,29-30H2,2-4H3. The number of aliphatic hydroxyl groups excluding tert-OH is 2. The number of aryl methyl sites for hydroxylation is 1. The molecule has 0 amide bonds. The first-order valence-corrected chi connectivity index (χ1v) is 20.9. The van der Waals surface area contributed by atoms with Crippen LogP contribution in [0.15, 0.2) is 96.5 Å². The third kappa shape index (κ3) is 9.82. The number of thioether (sulfide) groups is 1. The number of ether oxygens (including phenoxy) is 3. The second kappa shape index (κ2) is 19.0. The molecule has 3 aromatic rings. The predicted molar refractivity (Wildman–Crippen MR) is 217 cm³/mol. The average molecular weight is 773 g/mol. The van der Waals surface area contributed by atoms with E-state index >= 15 is 0 Å². The number of hydrogen-bond acceptors (Lipinski definition) is 9. The molecule has 296 valence electrons. The third-order valence-corrected chi connectivity index (χ3v) is 12.2. The van der Waals surface area contributed by atoms with Crippen molar-refractivity contribution in [3.05, 3.63) is 114 Å². The van der Waals surface area contributed by atoms with Gasteiger partial charge in [-0.2, -0.15) is 11.8 Å². The Balaban J connectivity index is 1.49. The smallest absolute Gasteiger partial charge is 0.230 e. The van der Waals surface area contributed by atoms with Crippen LogP contribution >= 0.6 is 11.8 Å². The van der Waals surface area contributed by atoms with Crippen LogP contribution in [-0.2, 0) is 22.6 Å². The van der Waals surface area contributed by atoms with E-state index in [1.807, 2.05) is 63.1 Å². The molecule has 6 unspecified atom stereocenters. The van der Waals surface area contributed by atoms with Gasteiger partial charge in [-0.25, -0.2) is 4.39 Å². The quantitative estimate of drug-likeness (QED) is 0.0707. The number of nitrogens with zero attached hydrogens (tertiary/aromatic N) is 2. The minimum atomic E-state index is -1.05. The highest BCUT2D eigenvalue weighted by Gasteiger charge is 2.64.